The summed E-state index contributed by atoms with van der Waals surface area (Å²) in [6, 6.07) is 29.5. The maximum atomic E-state index is 12.6. The summed E-state index contributed by atoms with van der Waals surface area (Å²) in [6.45, 7) is 0. The van der Waals surface area contributed by atoms with Crippen molar-refractivity contribution in [3.05, 3.63) is 118 Å². The molecule has 0 spiro atoms. The number of carbonyl (C=O) groups is 2. The smallest absolute Gasteiger partial charge is 0.271 e. The number of ether oxygens (including phenoxy) is 1. The fraction of sp³-hybridized carbons (Fsp3) is 0.0667. The Labute approximate surface area is 242 Å². The van der Waals surface area contributed by atoms with Gasteiger partial charge in [0.2, 0.25) is 9.60 Å². The molecule has 2 aromatic heterocycles. The number of hydrogen-bond acceptors (Lipinski definition) is 7. The minimum atomic E-state index is -0.320. The van der Waals surface area contributed by atoms with Crippen molar-refractivity contribution in [2.24, 2.45) is 24.3 Å². The van der Waals surface area contributed by atoms with E-state index in [-0.39, 0.29) is 11.8 Å². The molecule has 41 heavy (non-hydrogen) atoms. The number of aryl methyl sites for hydroxylation is 2. The number of carbonyl (C=O) groups excluding carboxylic acids is 2. The number of nitrogens with one attached hydrogen (secondary N) is 2. The highest BCUT2D eigenvalue weighted by atomic mass is 32.1. The van der Waals surface area contributed by atoms with Crippen LogP contribution in [0, 0.1) is 0 Å². The maximum absolute atomic E-state index is 12.6. The van der Waals surface area contributed by atoms with Gasteiger partial charge in [0.25, 0.3) is 11.8 Å². The van der Waals surface area contributed by atoms with Crippen molar-refractivity contribution in [1.82, 2.24) is 20.0 Å². The van der Waals surface area contributed by atoms with E-state index in [0.717, 1.165) is 20.4 Å². The van der Waals surface area contributed by atoms with Crippen molar-refractivity contribution >= 4 is 54.9 Å². The van der Waals surface area contributed by atoms with Crippen LogP contribution in [0.25, 0.3) is 20.4 Å². The molecular formula is C30H24N6O3S2. The summed E-state index contributed by atoms with van der Waals surface area (Å²) in [5, 5.41) is 8.57. The second-order valence-corrected chi connectivity index (χ2v) is 11.1. The number of fused-ring (bicyclic) bond motifs is 2. The van der Waals surface area contributed by atoms with Crippen LogP contribution in [0.2, 0.25) is 0 Å². The predicted molar refractivity (Wildman–Crippen MR) is 161 cm³/mol. The van der Waals surface area contributed by atoms with Crippen molar-refractivity contribution in [2.45, 2.75) is 0 Å². The molecule has 0 aliphatic rings. The molecule has 2 N–H and O–H groups in total. The van der Waals surface area contributed by atoms with E-state index in [1.54, 1.807) is 48.5 Å². The zero-order valence-electron chi connectivity index (χ0n) is 22.1. The Balaban J connectivity index is 1.07. The number of hydrogen-bond donors (Lipinski definition) is 2. The van der Waals surface area contributed by atoms with Crippen LogP contribution in [-0.4, -0.2) is 20.9 Å². The molecule has 6 aromatic rings. The first-order valence-corrected chi connectivity index (χ1v) is 14.2. The Morgan fingerprint density at radius 3 is 1.39 bits per heavy atom. The van der Waals surface area contributed by atoms with Gasteiger partial charge in [0.1, 0.15) is 11.5 Å². The molecule has 2 heterocycles. The van der Waals surface area contributed by atoms with Crippen molar-refractivity contribution < 1.29 is 14.3 Å². The van der Waals surface area contributed by atoms with Crippen molar-refractivity contribution in [1.29, 1.82) is 0 Å². The van der Waals surface area contributed by atoms with Crippen molar-refractivity contribution in [3.8, 4) is 11.5 Å². The number of rotatable bonds is 6. The maximum Gasteiger partial charge on any atom is 0.271 e. The number of amides is 2. The number of thiazole rings is 2. The molecule has 0 aliphatic heterocycles. The van der Waals surface area contributed by atoms with Gasteiger partial charge in [0, 0.05) is 25.2 Å². The standard InChI is InChI=1S/C30H24N6O3S2/c1-35-23-7-3-5-9-25(23)40-29(35)33-31-27(37)19-11-15-21(16-12-19)39-22-17-13-20(14-18-22)28(38)32-34-30-36(2)24-8-4-6-10-26(24)41-30/h3-18H,1-2H3,(H,31,37)(H,32,38). The Morgan fingerprint density at radius 1 is 0.610 bits per heavy atom. The number of para-hydroxylation sites is 2. The lowest BCUT2D eigenvalue weighted by Gasteiger charge is -2.07. The van der Waals surface area contributed by atoms with E-state index in [4.69, 9.17) is 4.74 Å². The number of aromatic nitrogens is 2. The molecule has 0 unspecified atom stereocenters. The third-order valence-corrected chi connectivity index (χ3v) is 8.63. The highest BCUT2D eigenvalue weighted by Gasteiger charge is 2.09. The highest BCUT2D eigenvalue weighted by Crippen LogP contribution is 2.22. The minimum absolute atomic E-state index is 0.320. The van der Waals surface area contributed by atoms with Gasteiger partial charge in [0.05, 0.1) is 20.4 Å². The van der Waals surface area contributed by atoms with E-state index in [1.807, 2.05) is 71.8 Å². The fourth-order valence-electron chi connectivity index (χ4n) is 4.19. The molecule has 0 bridgehead atoms. The van der Waals surface area contributed by atoms with E-state index >= 15 is 0 Å². The molecule has 2 amide bonds. The zero-order chi connectivity index (χ0) is 28.3. The van der Waals surface area contributed by atoms with Gasteiger partial charge in [0.15, 0.2) is 0 Å². The number of nitrogens with zero attached hydrogens (tertiary/aromatic N) is 4. The largest absolute Gasteiger partial charge is 0.457 e. The van der Waals surface area contributed by atoms with Crippen LogP contribution in [0.5, 0.6) is 11.5 Å². The van der Waals surface area contributed by atoms with Gasteiger partial charge in [-0.3, -0.25) is 9.59 Å². The molecule has 9 nitrogen and oxygen atoms in total. The van der Waals surface area contributed by atoms with Gasteiger partial charge in [-0.1, -0.05) is 46.9 Å². The van der Waals surface area contributed by atoms with Crippen molar-refractivity contribution in [2.75, 3.05) is 0 Å². The Bertz CT molecular complexity index is 1890. The summed E-state index contributed by atoms with van der Waals surface area (Å²) in [5.74, 6) is 0.468. The van der Waals surface area contributed by atoms with Gasteiger partial charge >= 0.3 is 0 Å². The van der Waals surface area contributed by atoms with Crippen LogP contribution >= 0.6 is 22.7 Å². The van der Waals surface area contributed by atoms with Crippen LogP contribution < -0.4 is 25.2 Å². The predicted octanol–water partition coefficient (Wildman–Crippen LogP) is 5.08. The van der Waals surface area contributed by atoms with Gasteiger partial charge in [-0.05, 0) is 72.8 Å². The van der Waals surface area contributed by atoms with E-state index in [9.17, 15) is 9.59 Å². The minimum Gasteiger partial charge on any atom is -0.457 e. The van der Waals surface area contributed by atoms with Crippen LogP contribution in [0.3, 0.4) is 0 Å². The van der Waals surface area contributed by atoms with Crippen LogP contribution in [0.15, 0.2) is 107 Å². The SMILES string of the molecule is Cn1c(=NNC(=O)c2ccc(Oc3ccc(C(=O)NN=c4sc5ccccc5n4C)cc3)cc2)sc2ccccc21. The van der Waals surface area contributed by atoms with Gasteiger partial charge < -0.3 is 13.9 Å². The van der Waals surface area contributed by atoms with E-state index in [2.05, 4.69) is 21.1 Å². The zero-order valence-corrected chi connectivity index (χ0v) is 23.7. The summed E-state index contributed by atoms with van der Waals surface area (Å²) in [4.78, 5) is 26.6. The fourth-order valence-corrected chi connectivity index (χ4v) is 6.15. The second kappa shape index (κ2) is 11.2. The number of benzene rings is 4. The van der Waals surface area contributed by atoms with Gasteiger partial charge in [-0.15, -0.1) is 10.2 Å². The summed E-state index contributed by atoms with van der Waals surface area (Å²) in [6.07, 6.45) is 0. The molecule has 11 heteroatoms. The molecular weight excluding hydrogens is 557 g/mol. The Kier molecular flexibility index (Phi) is 7.19. The summed E-state index contributed by atoms with van der Waals surface area (Å²) in [7, 11) is 3.83. The molecule has 0 fully saturated rings. The first-order valence-electron chi connectivity index (χ1n) is 12.6. The normalized spacial score (nSPS) is 12.1. The van der Waals surface area contributed by atoms with E-state index < -0.39 is 0 Å². The highest BCUT2D eigenvalue weighted by molar-refractivity contribution is 7.16. The third-order valence-electron chi connectivity index (χ3n) is 6.40. The molecule has 204 valence electrons. The Morgan fingerprint density at radius 2 is 1.00 bits per heavy atom. The van der Waals surface area contributed by atoms with E-state index in [0.29, 0.717) is 32.2 Å². The summed E-state index contributed by atoms with van der Waals surface area (Å²) >= 11 is 3.00. The molecule has 0 saturated heterocycles. The van der Waals surface area contributed by atoms with Crippen LogP contribution in [0.1, 0.15) is 20.7 Å². The molecule has 6 rings (SSSR count). The molecule has 0 atom stereocenters. The molecule has 0 aliphatic carbocycles. The van der Waals surface area contributed by atoms with Crippen LogP contribution in [-0.2, 0) is 14.1 Å². The molecule has 0 radical (unpaired) electrons. The van der Waals surface area contributed by atoms with Crippen molar-refractivity contribution in [3.63, 3.8) is 0 Å². The topological polar surface area (TPSA) is 102 Å². The second-order valence-electron chi connectivity index (χ2n) is 9.08. The van der Waals surface area contributed by atoms with Crippen LogP contribution in [0.4, 0.5) is 0 Å². The summed E-state index contributed by atoms with van der Waals surface area (Å²) in [5.41, 5.74) is 8.25. The molecule has 0 saturated carbocycles. The first-order chi connectivity index (χ1) is 20.0. The first kappa shape index (κ1) is 26.2. The van der Waals surface area contributed by atoms with Gasteiger partial charge in [-0.25, -0.2) is 10.9 Å². The summed E-state index contributed by atoms with van der Waals surface area (Å²) < 4.78 is 11.9. The lowest BCUT2D eigenvalue weighted by atomic mass is 10.2. The third kappa shape index (κ3) is 5.53. The average Bonchev–Trinajstić information content (AvgIpc) is 3.51. The average molecular weight is 581 g/mol. The lowest BCUT2D eigenvalue weighted by Crippen LogP contribution is -2.23. The Hall–Kier alpha value is -5.00. The van der Waals surface area contributed by atoms with E-state index in [1.165, 1.54) is 22.7 Å². The molecule has 4 aromatic carbocycles. The lowest BCUT2D eigenvalue weighted by molar-refractivity contribution is 0.0945. The quantitative estimate of drug-likeness (QED) is 0.269. The monoisotopic (exact) mass is 580 g/mol. The van der Waals surface area contributed by atoms with Gasteiger partial charge in [-0.2, -0.15) is 0 Å².